The first kappa shape index (κ1) is 20.0. The van der Waals surface area contributed by atoms with Gasteiger partial charge in [-0.1, -0.05) is 29.8 Å². The van der Waals surface area contributed by atoms with Gasteiger partial charge < -0.3 is 15.2 Å². The van der Waals surface area contributed by atoms with Crippen molar-refractivity contribution in [3.8, 4) is 11.3 Å². The summed E-state index contributed by atoms with van der Waals surface area (Å²) in [6.07, 6.45) is 5.21. The molecule has 31 heavy (non-hydrogen) atoms. The van der Waals surface area contributed by atoms with Crippen molar-refractivity contribution in [1.29, 1.82) is 0 Å². The number of rotatable bonds is 4. The molecule has 7 nitrogen and oxygen atoms in total. The van der Waals surface area contributed by atoms with Crippen LogP contribution in [-0.2, 0) is 0 Å². The average Bonchev–Trinajstić information content (AvgIpc) is 3.41. The number of aromatic amines is 1. The van der Waals surface area contributed by atoms with E-state index in [0.29, 0.717) is 35.4 Å². The number of carbonyl (C=O) groups excluding carboxylic acids is 1. The van der Waals surface area contributed by atoms with E-state index in [1.807, 2.05) is 47.7 Å². The van der Waals surface area contributed by atoms with Crippen molar-refractivity contribution in [2.45, 2.75) is 25.8 Å². The number of aromatic nitrogens is 4. The molecule has 0 bridgehead atoms. The van der Waals surface area contributed by atoms with Crippen LogP contribution in [0, 0.1) is 6.92 Å². The summed E-state index contributed by atoms with van der Waals surface area (Å²) in [6.45, 7) is 3.26. The molecule has 1 aliphatic heterocycles. The Morgan fingerprint density at radius 2 is 2.06 bits per heavy atom. The normalized spacial score (nSPS) is 14.8. The first-order chi connectivity index (χ1) is 15.1. The number of thiazole rings is 1. The number of fused-ring (bicyclic) bond motifs is 1. The van der Waals surface area contributed by atoms with E-state index in [-0.39, 0.29) is 11.9 Å². The molecule has 5 rings (SSSR count). The standard InChI is InChI=1S/C22H21ClN6OS/c1-13-26-19(12-31-13)21(30)29-8-6-14(7-9-29)27-22-25-11-17(23)20(28-22)16-10-24-18-5-3-2-4-15(16)18/h2-5,10-12,14,24H,6-9H2,1H3,(H,25,27,28). The molecule has 0 atom stereocenters. The molecular formula is C22H21ClN6OS. The predicted molar refractivity (Wildman–Crippen MR) is 124 cm³/mol. The van der Waals surface area contributed by atoms with Crippen LogP contribution in [0.3, 0.4) is 0 Å². The van der Waals surface area contributed by atoms with Crippen molar-refractivity contribution in [2.24, 2.45) is 0 Å². The number of halogens is 1. The molecule has 0 aliphatic carbocycles. The first-order valence-corrected chi connectivity index (χ1v) is 11.4. The van der Waals surface area contributed by atoms with E-state index in [4.69, 9.17) is 16.6 Å². The van der Waals surface area contributed by atoms with Crippen LogP contribution in [0.2, 0.25) is 5.02 Å². The summed E-state index contributed by atoms with van der Waals surface area (Å²) in [5.74, 6) is 0.553. The summed E-state index contributed by atoms with van der Waals surface area (Å²) in [5.41, 5.74) is 3.22. The van der Waals surface area contributed by atoms with Crippen molar-refractivity contribution >= 4 is 45.7 Å². The number of amides is 1. The van der Waals surface area contributed by atoms with Crippen LogP contribution in [0.4, 0.5) is 5.95 Å². The van der Waals surface area contributed by atoms with E-state index >= 15 is 0 Å². The number of H-pyrrole nitrogens is 1. The molecule has 4 heterocycles. The second-order valence-corrected chi connectivity index (χ2v) is 9.07. The summed E-state index contributed by atoms with van der Waals surface area (Å²) in [5, 5.41) is 7.73. The highest BCUT2D eigenvalue weighted by Gasteiger charge is 2.25. The minimum atomic E-state index is 0.00663. The van der Waals surface area contributed by atoms with E-state index in [1.54, 1.807) is 6.20 Å². The molecule has 0 saturated carbocycles. The molecule has 4 aromatic rings. The van der Waals surface area contributed by atoms with Crippen LogP contribution in [0.1, 0.15) is 28.3 Å². The largest absolute Gasteiger partial charge is 0.360 e. The van der Waals surface area contributed by atoms with Crippen molar-refractivity contribution in [2.75, 3.05) is 18.4 Å². The molecule has 0 spiro atoms. The molecule has 1 aliphatic rings. The molecule has 9 heteroatoms. The fraction of sp³-hybridized carbons (Fsp3) is 0.273. The molecule has 1 aromatic carbocycles. The predicted octanol–water partition coefficient (Wildman–Crippen LogP) is 4.76. The van der Waals surface area contributed by atoms with Gasteiger partial charge in [-0.2, -0.15) is 0 Å². The third-order valence-electron chi connectivity index (χ3n) is 5.54. The molecule has 1 saturated heterocycles. The van der Waals surface area contributed by atoms with Crippen molar-refractivity contribution in [1.82, 2.24) is 24.8 Å². The van der Waals surface area contributed by atoms with Gasteiger partial charge in [0.1, 0.15) is 5.69 Å². The highest BCUT2D eigenvalue weighted by molar-refractivity contribution is 7.09. The van der Waals surface area contributed by atoms with E-state index in [1.165, 1.54) is 11.3 Å². The number of anilines is 1. The second-order valence-electron chi connectivity index (χ2n) is 7.60. The molecule has 3 aromatic heterocycles. The number of likely N-dealkylation sites (tertiary alicyclic amines) is 1. The number of para-hydroxylation sites is 1. The monoisotopic (exact) mass is 452 g/mol. The number of nitrogens with one attached hydrogen (secondary N) is 2. The van der Waals surface area contributed by atoms with Crippen LogP contribution < -0.4 is 5.32 Å². The summed E-state index contributed by atoms with van der Waals surface area (Å²) < 4.78 is 0. The van der Waals surface area contributed by atoms with E-state index in [2.05, 4.69) is 20.3 Å². The van der Waals surface area contributed by atoms with Gasteiger partial charge >= 0.3 is 0 Å². The Kier molecular flexibility index (Phi) is 5.33. The van der Waals surface area contributed by atoms with Gasteiger partial charge in [-0.15, -0.1) is 11.3 Å². The Labute approximate surface area is 188 Å². The molecule has 2 N–H and O–H groups in total. The SMILES string of the molecule is Cc1nc(C(=O)N2CCC(Nc3ncc(Cl)c(-c4c[nH]c5ccccc45)n3)CC2)cs1. The van der Waals surface area contributed by atoms with Crippen molar-refractivity contribution < 1.29 is 4.79 Å². The van der Waals surface area contributed by atoms with Gasteiger partial charge in [-0.25, -0.2) is 15.0 Å². The molecule has 158 valence electrons. The molecular weight excluding hydrogens is 432 g/mol. The highest BCUT2D eigenvalue weighted by atomic mass is 35.5. The Hall–Kier alpha value is -2.97. The summed E-state index contributed by atoms with van der Waals surface area (Å²) in [7, 11) is 0. The van der Waals surface area contributed by atoms with Gasteiger partial charge in [0, 0.05) is 47.2 Å². The number of piperidine rings is 1. The average molecular weight is 453 g/mol. The third kappa shape index (κ3) is 4.00. The van der Waals surface area contributed by atoms with E-state index < -0.39 is 0 Å². The number of hydrogen-bond donors (Lipinski definition) is 2. The zero-order chi connectivity index (χ0) is 21.4. The van der Waals surface area contributed by atoms with Crippen molar-refractivity contribution in [3.05, 3.63) is 57.8 Å². The number of hydrogen-bond acceptors (Lipinski definition) is 6. The Balaban J connectivity index is 1.28. The van der Waals surface area contributed by atoms with Gasteiger partial charge in [0.05, 0.1) is 21.9 Å². The van der Waals surface area contributed by atoms with Gasteiger partial charge in [0.2, 0.25) is 5.95 Å². The van der Waals surface area contributed by atoms with Crippen LogP contribution in [0.15, 0.2) is 42.0 Å². The molecule has 0 unspecified atom stereocenters. The van der Waals surface area contributed by atoms with Gasteiger partial charge in [-0.3, -0.25) is 4.79 Å². The van der Waals surface area contributed by atoms with Gasteiger partial charge in [-0.05, 0) is 25.8 Å². The fourth-order valence-corrected chi connectivity index (χ4v) is 4.71. The van der Waals surface area contributed by atoms with E-state index in [0.717, 1.165) is 34.3 Å². The summed E-state index contributed by atoms with van der Waals surface area (Å²) >= 11 is 7.93. The Bertz CT molecular complexity index is 1240. The summed E-state index contributed by atoms with van der Waals surface area (Å²) in [4.78, 5) is 31.1. The first-order valence-electron chi connectivity index (χ1n) is 10.2. The summed E-state index contributed by atoms with van der Waals surface area (Å²) in [6, 6.07) is 8.25. The quantitative estimate of drug-likeness (QED) is 0.466. The second kappa shape index (κ2) is 8.28. The fourth-order valence-electron chi connectivity index (χ4n) is 3.93. The maximum Gasteiger partial charge on any atom is 0.273 e. The third-order valence-corrected chi connectivity index (χ3v) is 6.59. The van der Waals surface area contributed by atoms with Crippen LogP contribution in [0.5, 0.6) is 0 Å². The molecule has 1 amide bonds. The number of carbonyl (C=O) groups is 1. The van der Waals surface area contributed by atoms with Crippen LogP contribution in [-0.4, -0.2) is 49.9 Å². The maximum atomic E-state index is 12.6. The highest BCUT2D eigenvalue weighted by Crippen LogP contribution is 2.32. The molecule has 0 radical (unpaired) electrons. The topological polar surface area (TPSA) is 86.8 Å². The Morgan fingerprint density at radius 1 is 1.26 bits per heavy atom. The zero-order valence-corrected chi connectivity index (χ0v) is 18.5. The lowest BCUT2D eigenvalue weighted by Gasteiger charge is -2.32. The minimum Gasteiger partial charge on any atom is -0.360 e. The maximum absolute atomic E-state index is 12.6. The number of nitrogens with zero attached hydrogens (tertiary/aromatic N) is 4. The lowest BCUT2D eigenvalue weighted by Crippen LogP contribution is -2.42. The zero-order valence-electron chi connectivity index (χ0n) is 16.9. The van der Waals surface area contributed by atoms with E-state index in [9.17, 15) is 4.79 Å². The van der Waals surface area contributed by atoms with Gasteiger partial charge in [0.25, 0.3) is 5.91 Å². The number of benzene rings is 1. The van der Waals surface area contributed by atoms with Crippen LogP contribution >= 0.6 is 22.9 Å². The lowest BCUT2D eigenvalue weighted by molar-refractivity contribution is 0.0713. The molecule has 1 fully saturated rings. The number of aryl methyl sites for hydroxylation is 1. The minimum absolute atomic E-state index is 0.00663. The lowest BCUT2D eigenvalue weighted by atomic mass is 10.0. The van der Waals surface area contributed by atoms with Gasteiger partial charge in [0.15, 0.2) is 0 Å². The van der Waals surface area contributed by atoms with Crippen molar-refractivity contribution in [3.63, 3.8) is 0 Å². The Morgan fingerprint density at radius 3 is 2.84 bits per heavy atom. The smallest absolute Gasteiger partial charge is 0.273 e. The van der Waals surface area contributed by atoms with Crippen LogP contribution in [0.25, 0.3) is 22.2 Å².